The summed E-state index contributed by atoms with van der Waals surface area (Å²) in [6.45, 7) is 1.49. The Balaban J connectivity index is 3.47. The lowest BCUT2D eigenvalue weighted by molar-refractivity contribution is 0.0618. The summed E-state index contributed by atoms with van der Waals surface area (Å²) in [6.07, 6.45) is 0.956. The lowest BCUT2D eigenvalue weighted by atomic mass is 10.2. The van der Waals surface area contributed by atoms with E-state index in [0.29, 0.717) is 0 Å². The van der Waals surface area contributed by atoms with Crippen LogP contribution in [0, 0.1) is 0 Å². The van der Waals surface area contributed by atoms with Crippen molar-refractivity contribution < 1.29 is 10.2 Å². The molecule has 0 aromatic heterocycles. The van der Waals surface area contributed by atoms with Crippen LogP contribution in [0.4, 0.5) is 0 Å². The van der Waals surface area contributed by atoms with Crippen LogP contribution >= 0.6 is 0 Å². The highest BCUT2D eigenvalue weighted by Gasteiger charge is 2.03. The Morgan fingerprint density at radius 3 is 2.12 bits per heavy atom. The van der Waals surface area contributed by atoms with E-state index in [9.17, 15) is 0 Å². The molecule has 0 aliphatic rings. The summed E-state index contributed by atoms with van der Waals surface area (Å²) in [7, 11) is 0. The molecule has 3 nitrogen and oxygen atoms in total. The minimum atomic E-state index is -0.833. The molecule has 0 aliphatic heterocycles. The van der Waals surface area contributed by atoms with Crippen LogP contribution in [0.2, 0.25) is 0 Å². The summed E-state index contributed by atoms with van der Waals surface area (Å²) in [6, 6.07) is 0. The third kappa shape index (κ3) is 2.60. The molecule has 0 saturated heterocycles. The van der Waals surface area contributed by atoms with Crippen molar-refractivity contribution in [1.29, 1.82) is 0 Å². The second kappa shape index (κ2) is 3.46. The van der Waals surface area contributed by atoms with Crippen molar-refractivity contribution in [3.05, 3.63) is 12.3 Å². The highest BCUT2D eigenvalue weighted by atomic mass is 16.3. The van der Waals surface area contributed by atoms with Gasteiger partial charge >= 0.3 is 0 Å². The summed E-state index contributed by atoms with van der Waals surface area (Å²) in [4.78, 5) is 0. The average Bonchev–Trinajstić information content (AvgIpc) is 1.67. The fourth-order valence-corrected chi connectivity index (χ4v) is 0.275. The molecule has 48 valence electrons. The van der Waals surface area contributed by atoms with E-state index < -0.39 is 12.2 Å². The van der Waals surface area contributed by atoms with Gasteiger partial charge < -0.3 is 15.9 Å². The predicted molar refractivity (Wildman–Crippen MR) is 31.0 cm³/mol. The van der Waals surface area contributed by atoms with E-state index in [1.807, 2.05) is 0 Å². The van der Waals surface area contributed by atoms with E-state index in [1.165, 1.54) is 19.2 Å². The molecule has 0 amide bonds. The first kappa shape index (κ1) is 7.46. The summed E-state index contributed by atoms with van der Waals surface area (Å²) in [5.41, 5.74) is 4.92. The van der Waals surface area contributed by atoms with E-state index >= 15 is 0 Å². The number of rotatable bonds is 2. The Morgan fingerprint density at radius 2 is 2.00 bits per heavy atom. The first-order valence-electron chi connectivity index (χ1n) is 2.43. The molecule has 2 atom stereocenters. The third-order valence-electron chi connectivity index (χ3n) is 0.803. The molecule has 0 bridgehead atoms. The first-order valence-corrected chi connectivity index (χ1v) is 2.43. The molecule has 0 aromatic carbocycles. The Morgan fingerprint density at radius 1 is 1.50 bits per heavy atom. The van der Waals surface area contributed by atoms with Crippen LogP contribution < -0.4 is 5.73 Å². The summed E-state index contributed by atoms with van der Waals surface area (Å²) in [5.74, 6) is 0. The minimum Gasteiger partial charge on any atom is -0.405 e. The molecule has 0 heterocycles. The largest absolute Gasteiger partial charge is 0.405 e. The van der Waals surface area contributed by atoms with Gasteiger partial charge in [0.2, 0.25) is 0 Å². The van der Waals surface area contributed by atoms with Gasteiger partial charge in [0.25, 0.3) is 0 Å². The van der Waals surface area contributed by atoms with Gasteiger partial charge in [-0.2, -0.15) is 0 Å². The van der Waals surface area contributed by atoms with Crippen molar-refractivity contribution in [2.45, 2.75) is 19.1 Å². The smallest absolute Gasteiger partial charge is 0.0993 e. The number of hydrogen-bond acceptors (Lipinski definition) is 3. The zero-order valence-electron chi connectivity index (χ0n) is 4.78. The van der Waals surface area contributed by atoms with Gasteiger partial charge in [-0.05, 0) is 19.2 Å². The molecule has 0 radical (unpaired) electrons. The molecule has 4 N–H and O–H groups in total. The molecule has 3 heteroatoms. The van der Waals surface area contributed by atoms with Crippen molar-refractivity contribution in [2.75, 3.05) is 0 Å². The average molecular weight is 117 g/mol. The van der Waals surface area contributed by atoms with E-state index in [4.69, 9.17) is 15.9 Å². The SMILES string of the molecule is C[C@@H](O)[C@H](O)C=CN. The van der Waals surface area contributed by atoms with Crippen molar-refractivity contribution in [2.24, 2.45) is 5.73 Å². The zero-order valence-corrected chi connectivity index (χ0v) is 4.78. The standard InChI is InChI=1S/C5H11NO2/c1-4(7)5(8)2-3-6/h2-5,7-8H,6H2,1H3/t4-,5-/m1/s1. The van der Waals surface area contributed by atoms with E-state index in [1.54, 1.807) is 0 Å². The number of hydrogen-bond donors (Lipinski definition) is 3. The lowest BCUT2D eigenvalue weighted by Gasteiger charge is -2.06. The maximum absolute atomic E-state index is 8.71. The van der Waals surface area contributed by atoms with Crippen LogP contribution in [-0.4, -0.2) is 22.4 Å². The van der Waals surface area contributed by atoms with Crippen LogP contribution in [0.1, 0.15) is 6.92 Å². The Kier molecular flexibility index (Phi) is 3.23. The van der Waals surface area contributed by atoms with Gasteiger partial charge in [0.05, 0.1) is 12.2 Å². The molecule has 0 aliphatic carbocycles. The number of aliphatic hydroxyl groups excluding tert-OH is 2. The lowest BCUT2D eigenvalue weighted by Crippen LogP contribution is -2.19. The fourth-order valence-electron chi connectivity index (χ4n) is 0.275. The molecule has 8 heavy (non-hydrogen) atoms. The van der Waals surface area contributed by atoms with Crippen molar-refractivity contribution in [1.82, 2.24) is 0 Å². The first-order chi connectivity index (χ1) is 3.68. The minimum absolute atomic E-state index is 0.741. The molecular formula is C5H11NO2. The Hall–Kier alpha value is -0.540. The van der Waals surface area contributed by atoms with Crippen LogP contribution in [0.5, 0.6) is 0 Å². The normalized spacial score (nSPS) is 18.9. The fraction of sp³-hybridized carbons (Fsp3) is 0.600. The molecule has 0 rings (SSSR count). The zero-order chi connectivity index (χ0) is 6.57. The van der Waals surface area contributed by atoms with Crippen LogP contribution in [0.15, 0.2) is 12.3 Å². The monoisotopic (exact) mass is 117 g/mol. The maximum atomic E-state index is 8.71. The van der Waals surface area contributed by atoms with E-state index in [2.05, 4.69) is 0 Å². The number of aliphatic hydroxyl groups is 2. The molecule has 0 fully saturated rings. The van der Waals surface area contributed by atoms with Crippen molar-refractivity contribution in [3.63, 3.8) is 0 Å². The highest BCUT2D eigenvalue weighted by Crippen LogP contribution is 1.90. The molecule has 0 unspecified atom stereocenters. The quantitative estimate of drug-likeness (QED) is 0.443. The predicted octanol–water partition coefficient (Wildman–Crippen LogP) is -0.800. The summed E-state index contributed by atoms with van der Waals surface area (Å²) < 4.78 is 0. The van der Waals surface area contributed by atoms with Gasteiger partial charge in [0.15, 0.2) is 0 Å². The second-order valence-corrected chi connectivity index (χ2v) is 1.62. The van der Waals surface area contributed by atoms with Gasteiger partial charge in [0, 0.05) is 0 Å². The summed E-state index contributed by atoms with van der Waals surface area (Å²) in [5, 5.41) is 17.3. The van der Waals surface area contributed by atoms with Crippen molar-refractivity contribution >= 4 is 0 Å². The molecule has 0 saturated carbocycles. The van der Waals surface area contributed by atoms with E-state index in [0.717, 1.165) is 0 Å². The van der Waals surface area contributed by atoms with Crippen LogP contribution in [0.25, 0.3) is 0 Å². The van der Waals surface area contributed by atoms with Crippen LogP contribution in [-0.2, 0) is 0 Å². The van der Waals surface area contributed by atoms with Gasteiger partial charge in [-0.15, -0.1) is 0 Å². The Labute approximate surface area is 48.4 Å². The summed E-state index contributed by atoms with van der Waals surface area (Å²) >= 11 is 0. The van der Waals surface area contributed by atoms with Gasteiger partial charge in [-0.25, -0.2) is 0 Å². The molecule has 0 aromatic rings. The maximum Gasteiger partial charge on any atom is 0.0993 e. The highest BCUT2D eigenvalue weighted by molar-refractivity contribution is 4.87. The van der Waals surface area contributed by atoms with Gasteiger partial charge in [0.1, 0.15) is 0 Å². The van der Waals surface area contributed by atoms with Crippen LogP contribution in [0.3, 0.4) is 0 Å². The third-order valence-corrected chi connectivity index (χ3v) is 0.803. The Bertz CT molecular complexity index is 80.5. The second-order valence-electron chi connectivity index (χ2n) is 1.62. The topological polar surface area (TPSA) is 66.5 Å². The molecular weight excluding hydrogens is 106 g/mol. The van der Waals surface area contributed by atoms with Gasteiger partial charge in [-0.3, -0.25) is 0 Å². The number of nitrogens with two attached hydrogens (primary N) is 1. The van der Waals surface area contributed by atoms with Crippen molar-refractivity contribution in [3.8, 4) is 0 Å². The molecule has 0 spiro atoms. The van der Waals surface area contributed by atoms with Gasteiger partial charge in [-0.1, -0.05) is 0 Å². The van der Waals surface area contributed by atoms with E-state index in [-0.39, 0.29) is 0 Å².